The minimum absolute atomic E-state index is 0.277. The first kappa shape index (κ1) is 13.3. The van der Waals surface area contributed by atoms with E-state index in [9.17, 15) is 4.79 Å². The lowest BCUT2D eigenvalue weighted by molar-refractivity contribution is -0.114. The van der Waals surface area contributed by atoms with E-state index in [0.717, 1.165) is 11.5 Å². The number of allylic oxidation sites excluding steroid dienone is 1. The molecule has 0 heterocycles. The molecule has 16 heavy (non-hydrogen) atoms. The summed E-state index contributed by atoms with van der Waals surface area (Å²) in [5.74, 6) is 2.44. The fraction of sp³-hybridized carbons (Fsp3) is 0.786. The van der Waals surface area contributed by atoms with Crippen LogP contribution in [0.5, 0.6) is 0 Å². The topological polar surface area (TPSA) is 43.1 Å². The van der Waals surface area contributed by atoms with Gasteiger partial charge in [0.25, 0.3) is 0 Å². The molecule has 1 amide bonds. The summed E-state index contributed by atoms with van der Waals surface area (Å²) < 4.78 is 0. The Bertz CT molecular complexity index is 280. The van der Waals surface area contributed by atoms with Crippen molar-refractivity contribution in [2.45, 2.75) is 47.0 Å². The van der Waals surface area contributed by atoms with Gasteiger partial charge in [0.1, 0.15) is 0 Å². The van der Waals surface area contributed by atoms with Crippen molar-refractivity contribution in [2.24, 2.45) is 29.4 Å². The molecule has 0 aliphatic heterocycles. The molecule has 0 radical (unpaired) electrons. The Morgan fingerprint density at radius 1 is 1.38 bits per heavy atom. The molecule has 3 unspecified atom stereocenters. The van der Waals surface area contributed by atoms with Crippen LogP contribution in [-0.4, -0.2) is 5.91 Å². The molecule has 2 nitrogen and oxygen atoms in total. The van der Waals surface area contributed by atoms with Crippen LogP contribution >= 0.6 is 0 Å². The summed E-state index contributed by atoms with van der Waals surface area (Å²) in [6.45, 7) is 8.69. The quantitative estimate of drug-likeness (QED) is 0.734. The molecule has 1 saturated carbocycles. The highest BCUT2D eigenvalue weighted by Gasteiger charge is 2.29. The molecule has 0 bridgehead atoms. The molecule has 0 aromatic rings. The summed E-state index contributed by atoms with van der Waals surface area (Å²) >= 11 is 0. The number of rotatable bonds is 3. The lowest BCUT2D eigenvalue weighted by atomic mass is 9.69. The molecule has 0 saturated heterocycles. The summed E-state index contributed by atoms with van der Waals surface area (Å²) in [4.78, 5) is 11.1. The lowest BCUT2D eigenvalue weighted by Crippen LogP contribution is -2.27. The Balaban J connectivity index is 2.79. The van der Waals surface area contributed by atoms with Crippen LogP contribution < -0.4 is 5.73 Å². The average molecular weight is 223 g/mol. The van der Waals surface area contributed by atoms with Gasteiger partial charge in [0.05, 0.1) is 0 Å². The lowest BCUT2D eigenvalue weighted by Gasteiger charge is -2.36. The van der Waals surface area contributed by atoms with E-state index in [-0.39, 0.29) is 5.91 Å². The standard InChI is InChI=1S/C14H25NO/c1-9(2)13-6-5-10(3)7-12(13)8-11(4)14(15)16/h8-10,12-13H,5-7H2,1-4H3,(H2,15,16)/b11-8+. The predicted molar refractivity (Wildman–Crippen MR) is 67.8 cm³/mol. The van der Waals surface area contributed by atoms with Crippen LogP contribution in [0, 0.1) is 23.7 Å². The van der Waals surface area contributed by atoms with E-state index in [0.29, 0.717) is 17.8 Å². The van der Waals surface area contributed by atoms with Gasteiger partial charge in [-0.25, -0.2) is 0 Å². The van der Waals surface area contributed by atoms with E-state index in [1.807, 2.05) is 6.92 Å². The minimum atomic E-state index is -0.277. The molecule has 2 heteroatoms. The van der Waals surface area contributed by atoms with Crippen LogP contribution in [0.4, 0.5) is 0 Å². The van der Waals surface area contributed by atoms with Crippen molar-refractivity contribution < 1.29 is 4.79 Å². The second-order valence-corrected chi connectivity index (χ2v) is 5.70. The largest absolute Gasteiger partial charge is 0.366 e. The third-order valence-corrected chi connectivity index (χ3v) is 3.93. The summed E-state index contributed by atoms with van der Waals surface area (Å²) in [5.41, 5.74) is 6.03. The van der Waals surface area contributed by atoms with Crippen molar-refractivity contribution >= 4 is 5.91 Å². The highest BCUT2D eigenvalue weighted by atomic mass is 16.1. The summed E-state index contributed by atoms with van der Waals surface area (Å²) in [6.07, 6.45) is 5.92. The third kappa shape index (κ3) is 3.36. The molecule has 92 valence electrons. The fourth-order valence-corrected chi connectivity index (χ4v) is 2.87. The molecule has 0 aromatic heterocycles. The first-order valence-corrected chi connectivity index (χ1v) is 6.40. The van der Waals surface area contributed by atoms with Gasteiger partial charge in [-0.05, 0) is 43.4 Å². The fourth-order valence-electron chi connectivity index (χ4n) is 2.87. The second kappa shape index (κ2) is 5.51. The van der Waals surface area contributed by atoms with Crippen molar-refractivity contribution in [3.8, 4) is 0 Å². The zero-order valence-corrected chi connectivity index (χ0v) is 11.0. The average Bonchev–Trinajstić information content (AvgIpc) is 2.16. The Hall–Kier alpha value is -0.790. The molecule has 0 aromatic carbocycles. The van der Waals surface area contributed by atoms with E-state index in [4.69, 9.17) is 5.73 Å². The van der Waals surface area contributed by atoms with Crippen LogP contribution in [0.15, 0.2) is 11.6 Å². The SMILES string of the molecule is C/C(=C\C1CC(C)CCC1C(C)C)C(N)=O. The number of nitrogens with two attached hydrogens (primary N) is 1. The highest BCUT2D eigenvalue weighted by molar-refractivity contribution is 5.91. The van der Waals surface area contributed by atoms with Gasteiger partial charge in [-0.1, -0.05) is 33.3 Å². The summed E-state index contributed by atoms with van der Waals surface area (Å²) in [6, 6.07) is 0. The third-order valence-electron chi connectivity index (χ3n) is 3.93. The van der Waals surface area contributed by atoms with Crippen LogP contribution in [0.1, 0.15) is 47.0 Å². The van der Waals surface area contributed by atoms with Crippen molar-refractivity contribution in [3.63, 3.8) is 0 Å². The molecule has 3 atom stereocenters. The van der Waals surface area contributed by atoms with Crippen LogP contribution in [-0.2, 0) is 4.79 Å². The number of amides is 1. The van der Waals surface area contributed by atoms with Crippen LogP contribution in [0.3, 0.4) is 0 Å². The summed E-state index contributed by atoms with van der Waals surface area (Å²) in [5, 5.41) is 0. The molecule has 1 fully saturated rings. The molecule has 1 aliphatic rings. The van der Waals surface area contributed by atoms with Gasteiger partial charge in [-0.3, -0.25) is 4.79 Å². The molecule has 1 aliphatic carbocycles. The van der Waals surface area contributed by atoms with Gasteiger partial charge in [0.2, 0.25) is 5.91 Å². The zero-order chi connectivity index (χ0) is 12.3. The van der Waals surface area contributed by atoms with E-state index in [2.05, 4.69) is 26.8 Å². The van der Waals surface area contributed by atoms with Gasteiger partial charge in [-0.15, -0.1) is 0 Å². The van der Waals surface area contributed by atoms with Crippen molar-refractivity contribution in [2.75, 3.05) is 0 Å². The van der Waals surface area contributed by atoms with Crippen LogP contribution in [0.25, 0.3) is 0 Å². The zero-order valence-electron chi connectivity index (χ0n) is 11.0. The maximum Gasteiger partial charge on any atom is 0.244 e. The van der Waals surface area contributed by atoms with E-state index < -0.39 is 0 Å². The molecular formula is C14H25NO. The van der Waals surface area contributed by atoms with Gasteiger partial charge in [0, 0.05) is 5.57 Å². The molecule has 1 rings (SSSR count). The van der Waals surface area contributed by atoms with Gasteiger partial charge in [0.15, 0.2) is 0 Å². The molecular weight excluding hydrogens is 198 g/mol. The van der Waals surface area contributed by atoms with Gasteiger partial charge < -0.3 is 5.73 Å². The number of primary amides is 1. The Kier molecular flexibility index (Phi) is 4.57. The number of carbonyl (C=O) groups is 1. The Labute approximate surface area is 99.3 Å². The summed E-state index contributed by atoms with van der Waals surface area (Å²) in [7, 11) is 0. The van der Waals surface area contributed by atoms with E-state index in [1.165, 1.54) is 19.3 Å². The maximum absolute atomic E-state index is 11.1. The number of carbonyl (C=O) groups excluding carboxylic acids is 1. The second-order valence-electron chi connectivity index (χ2n) is 5.70. The minimum Gasteiger partial charge on any atom is -0.366 e. The van der Waals surface area contributed by atoms with Gasteiger partial charge in [-0.2, -0.15) is 0 Å². The maximum atomic E-state index is 11.1. The predicted octanol–water partition coefficient (Wildman–Crippen LogP) is 3.13. The van der Waals surface area contributed by atoms with Crippen LogP contribution in [0.2, 0.25) is 0 Å². The van der Waals surface area contributed by atoms with E-state index >= 15 is 0 Å². The van der Waals surface area contributed by atoms with Gasteiger partial charge >= 0.3 is 0 Å². The monoisotopic (exact) mass is 223 g/mol. The van der Waals surface area contributed by atoms with E-state index in [1.54, 1.807) is 0 Å². The normalized spacial score (nSPS) is 31.8. The Morgan fingerprint density at radius 3 is 2.50 bits per heavy atom. The number of hydrogen-bond acceptors (Lipinski definition) is 1. The molecule has 0 spiro atoms. The van der Waals surface area contributed by atoms with Crippen molar-refractivity contribution in [3.05, 3.63) is 11.6 Å². The molecule has 2 N–H and O–H groups in total. The van der Waals surface area contributed by atoms with Crippen molar-refractivity contribution in [1.82, 2.24) is 0 Å². The first-order chi connectivity index (χ1) is 7.41. The smallest absolute Gasteiger partial charge is 0.244 e. The number of hydrogen-bond donors (Lipinski definition) is 1. The first-order valence-electron chi connectivity index (χ1n) is 6.40. The highest BCUT2D eigenvalue weighted by Crippen LogP contribution is 2.39. The van der Waals surface area contributed by atoms with Crippen molar-refractivity contribution in [1.29, 1.82) is 0 Å². The Morgan fingerprint density at radius 2 is 2.00 bits per heavy atom.